The Hall–Kier alpha value is -0.630. The molecule has 1 aliphatic rings. The van der Waals surface area contributed by atoms with Gasteiger partial charge >= 0.3 is 0 Å². The van der Waals surface area contributed by atoms with Gasteiger partial charge in [-0.15, -0.1) is 0 Å². The summed E-state index contributed by atoms with van der Waals surface area (Å²) in [5.41, 5.74) is 5.17. The SMILES string of the molecule is NCC(=O)C1CC=CC1. The zero-order valence-electron chi connectivity index (χ0n) is 5.34. The smallest absolute Gasteiger partial charge is 0.150 e. The second kappa shape index (κ2) is 2.78. The van der Waals surface area contributed by atoms with E-state index in [1.54, 1.807) is 0 Å². The van der Waals surface area contributed by atoms with Gasteiger partial charge in [0.15, 0.2) is 0 Å². The van der Waals surface area contributed by atoms with Gasteiger partial charge in [-0.05, 0) is 12.8 Å². The Morgan fingerprint density at radius 3 is 2.56 bits per heavy atom. The molecule has 2 N–H and O–H groups in total. The summed E-state index contributed by atoms with van der Waals surface area (Å²) in [5.74, 6) is 0.398. The van der Waals surface area contributed by atoms with Gasteiger partial charge in [-0.3, -0.25) is 4.79 Å². The average molecular weight is 125 g/mol. The zero-order chi connectivity index (χ0) is 6.69. The van der Waals surface area contributed by atoms with Crippen molar-refractivity contribution in [3.05, 3.63) is 12.2 Å². The van der Waals surface area contributed by atoms with E-state index in [4.69, 9.17) is 5.73 Å². The van der Waals surface area contributed by atoms with Crippen LogP contribution in [0.4, 0.5) is 0 Å². The predicted molar refractivity (Wildman–Crippen MR) is 35.9 cm³/mol. The quantitative estimate of drug-likeness (QED) is 0.545. The molecule has 0 saturated carbocycles. The van der Waals surface area contributed by atoms with Crippen molar-refractivity contribution in [2.75, 3.05) is 6.54 Å². The van der Waals surface area contributed by atoms with E-state index >= 15 is 0 Å². The van der Waals surface area contributed by atoms with Crippen LogP contribution in [0.25, 0.3) is 0 Å². The summed E-state index contributed by atoms with van der Waals surface area (Å²) < 4.78 is 0. The summed E-state index contributed by atoms with van der Waals surface area (Å²) in [6, 6.07) is 0. The number of ketones is 1. The summed E-state index contributed by atoms with van der Waals surface area (Å²) in [4.78, 5) is 10.8. The first-order chi connectivity index (χ1) is 4.34. The van der Waals surface area contributed by atoms with Crippen molar-refractivity contribution in [2.45, 2.75) is 12.8 Å². The fourth-order valence-electron chi connectivity index (χ4n) is 1.05. The maximum atomic E-state index is 10.8. The van der Waals surface area contributed by atoms with E-state index < -0.39 is 0 Å². The van der Waals surface area contributed by atoms with Crippen LogP contribution in [0, 0.1) is 5.92 Å². The molecule has 0 aromatic heterocycles. The van der Waals surface area contributed by atoms with Crippen molar-refractivity contribution >= 4 is 5.78 Å². The van der Waals surface area contributed by atoms with Gasteiger partial charge in [-0.25, -0.2) is 0 Å². The first-order valence-corrected chi connectivity index (χ1v) is 3.22. The van der Waals surface area contributed by atoms with Crippen LogP contribution in [0.2, 0.25) is 0 Å². The highest BCUT2D eigenvalue weighted by Gasteiger charge is 2.16. The average Bonchev–Trinajstić information content (AvgIpc) is 2.37. The summed E-state index contributed by atoms with van der Waals surface area (Å²) in [6.07, 6.45) is 5.88. The third kappa shape index (κ3) is 1.39. The molecule has 1 aliphatic carbocycles. The highest BCUT2D eigenvalue weighted by molar-refractivity contribution is 5.83. The molecule has 1 rings (SSSR count). The number of hydrogen-bond acceptors (Lipinski definition) is 2. The standard InChI is InChI=1S/C7H11NO/c8-5-7(9)6-3-1-2-4-6/h1-2,6H,3-5,8H2. The summed E-state index contributed by atoms with van der Waals surface area (Å²) in [5, 5.41) is 0. The van der Waals surface area contributed by atoms with Crippen molar-refractivity contribution in [3.8, 4) is 0 Å². The lowest BCUT2D eigenvalue weighted by Crippen LogP contribution is -2.20. The number of allylic oxidation sites excluding steroid dienone is 2. The minimum absolute atomic E-state index is 0.194. The topological polar surface area (TPSA) is 43.1 Å². The van der Waals surface area contributed by atoms with E-state index in [1.165, 1.54) is 0 Å². The molecule has 0 aromatic carbocycles. The molecule has 0 aliphatic heterocycles. The van der Waals surface area contributed by atoms with Crippen LogP contribution in [0.1, 0.15) is 12.8 Å². The monoisotopic (exact) mass is 125 g/mol. The lowest BCUT2D eigenvalue weighted by atomic mass is 10.0. The molecule has 50 valence electrons. The lowest BCUT2D eigenvalue weighted by molar-refractivity contribution is -0.121. The number of hydrogen-bond donors (Lipinski definition) is 1. The second-order valence-electron chi connectivity index (χ2n) is 2.31. The molecule has 0 amide bonds. The Bertz CT molecular complexity index is 132. The van der Waals surface area contributed by atoms with E-state index in [2.05, 4.69) is 0 Å². The van der Waals surface area contributed by atoms with Gasteiger partial charge in [0.25, 0.3) is 0 Å². The van der Waals surface area contributed by atoms with Gasteiger partial charge in [0.2, 0.25) is 0 Å². The maximum absolute atomic E-state index is 10.8. The first kappa shape index (κ1) is 6.49. The van der Waals surface area contributed by atoms with Crippen molar-refractivity contribution in [3.63, 3.8) is 0 Å². The molecule has 0 unspecified atom stereocenters. The summed E-state index contributed by atoms with van der Waals surface area (Å²) in [6.45, 7) is 0.201. The number of carbonyl (C=O) groups excluding carboxylic acids is 1. The summed E-state index contributed by atoms with van der Waals surface area (Å²) >= 11 is 0. The van der Waals surface area contributed by atoms with Crippen LogP contribution in [0.5, 0.6) is 0 Å². The van der Waals surface area contributed by atoms with Crippen LogP contribution in [0.15, 0.2) is 12.2 Å². The van der Waals surface area contributed by atoms with Crippen LogP contribution in [-0.4, -0.2) is 12.3 Å². The molecule has 0 heterocycles. The van der Waals surface area contributed by atoms with E-state index in [0.29, 0.717) is 0 Å². The number of Topliss-reactive ketones (excluding diaryl/α,β-unsaturated/α-hetero) is 1. The van der Waals surface area contributed by atoms with Crippen LogP contribution >= 0.6 is 0 Å². The maximum Gasteiger partial charge on any atom is 0.150 e. The largest absolute Gasteiger partial charge is 0.324 e. The molecule has 2 nitrogen and oxygen atoms in total. The molecule has 0 spiro atoms. The predicted octanol–water partition coefficient (Wildman–Crippen LogP) is 0.480. The van der Waals surface area contributed by atoms with Gasteiger partial charge in [-0.2, -0.15) is 0 Å². The van der Waals surface area contributed by atoms with Crippen LogP contribution in [-0.2, 0) is 4.79 Å². The van der Waals surface area contributed by atoms with Crippen LogP contribution in [0.3, 0.4) is 0 Å². The first-order valence-electron chi connectivity index (χ1n) is 3.22. The Labute approximate surface area is 54.7 Å². The fourth-order valence-corrected chi connectivity index (χ4v) is 1.05. The lowest BCUT2D eigenvalue weighted by Gasteiger charge is -2.03. The Morgan fingerprint density at radius 2 is 2.11 bits per heavy atom. The van der Waals surface area contributed by atoms with E-state index in [-0.39, 0.29) is 18.2 Å². The van der Waals surface area contributed by atoms with E-state index in [0.717, 1.165) is 12.8 Å². The number of rotatable bonds is 2. The number of carbonyl (C=O) groups is 1. The van der Waals surface area contributed by atoms with E-state index in [9.17, 15) is 4.79 Å². The molecule has 0 aromatic rings. The van der Waals surface area contributed by atoms with Crippen molar-refractivity contribution in [1.82, 2.24) is 0 Å². The minimum Gasteiger partial charge on any atom is -0.324 e. The van der Waals surface area contributed by atoms with E-state index in [1.807, 2.05) is 12.2 Å². The highest BCUT2D eigenvalue weighted by Crippen LogP contribution is 2.17. The molecular formula is C7H11NO. The van der Waals surface area contributed by atoms with Crippen molar-refractivity contribution in [1.29, 1.82) is 0 Å². The zero-order valence-corrected chi connectivity index (χ0v) is 5.34. The molecule has 2 heteroatoms. The van der Waals surface area contributed by atoms with Gasteiger partial charge in [-0.1, -0.05) is 12.2 Å². The third-order valence-corrected chi connectivity index (χ3v) is 1.66. The third-order valence-electron chi connectivity index (χ3n) is 1.66. The molecule has 0 fully saturated rings. The molecule has 9 heavy (non-hydrogen) atoms. The van der Waals surface area contributed by atoms with Gasteiger partial charge < -0.3 is 5.73 Å². The van der Waals surface area contributed by atoms with Gasteiger partial charge in [0, 0.05) is 5.92 Å². The minimum atomic E-state index is 0.194. The van der Waals surface area contributed by atoms with Gasteiger partial charge in [0.05, 0.1) is 6.54 Å². The number of nitrogens with two attached hydrogens (primary N) is 1. The molecular weight excluding hydrogens is 114 g/mol. The van der Waals surface area contributed by atoms with Crippen molar-refractivity contribution < 1.29 is 4.79 Å². The Morgan fingerprint density at radius 1 is 1.56 bits per heavy atom. The normalized spacial score (nSPS) is 18.8. The Balaban J connectivity index is 2.36. The Kier molecular flexibility index (Phi) is 2.01. The van der Waals surface area contributed by atoms with Crippen LogP contribution < -0.4 is 5.73 Å². The highest BCUT2D eigenvalue weighted by atomic mass is 16.1. The molecule has 0 bridgehead atoms. The van der Waals surface area contributed by atoms with Crippen molar-refractivity contribution in [2.24, 2.45) is 11.7 Å². The second-order valence-corrected chi connectivity index (χ2v) is 2.31. The summed E-state index contributed by atoms with van der Waals surface area (Å²) in [7, 11) is 0. The van der Waals surface area contributed by atoms with Gasteiger partial charge in [0.1, 0.15) is 5.78 Å². The molecule has 0 saturated heterocycles. The molecule has 0 atom stereocenters. The fraction of sp³-hybridized carbons (Fsp3) is 0.571. The molecule has 0 radical (unpaired) electrons.